The molecule has 0 spiro atoms. The molecule has 5 heteroatoms. The number of likely N-dealkylation sites (N-methyl/N-ethyl adjacent to an activating group) is 1. The first-order chi connectivity index (χ1) is 12.7. The number of para-hydroxylation sites is 1. The molecule has 4 nitrogen and oxygen atoms in total. The molecule has 0 unspecified atom stereocenters. The molecule has 1 fully saturated rings. The van der Waals surface area contributed by atoms with Gasteiger partial charge in [0.1, 0.15) is 6.04 Å². The molecule has 2 aromatic carbocycles. The number of nitrogens with zero attached hydrogens (tertiary/aromatic N) is 2. The van der Waals surface area contributed by atoms with Crippen molar-refractivity contribution in [3.05, 3.63) is 71.4 Å². The van der Waals surface area contributed by atoms with Crippen LogP contribution in [0, 0.1) is 0 Å². The van der Waals surface area contributed by atoms with Crippen LogP contribution in [0.3, 0.4) is 0 Å². The SMILES string of the molecule is CCN1C(=O)[C@H]2Cc3c([nH]c4ccccc34)[C@@H](c3ccccc3)N2C1=S. The van der Waals surface area contributed by atoms with Crippen molar-refractivity contribution < 1.29 is 4.79 Å². The monoisotopic (exact) mass is 361 g/mol. The summed E-state index contributed by atoms with van der Waals surface area (Å²) in [6.45, 7) is 2.59. The number of benzene rings is 2. The van der Waals surface area contributed by atoms with Crippen LogP contribution >= 0.6 is 12.2 Å². The van der Waals surface area contributed by atoms with Gasteiger partial charge < -0.3 is 9.88 Å². The first-order valence-corrected chi connectivity index (χ1v) is 9.39. The van der Waals surface area contributed by atoms with Crippen LogP contribution in [0.5, 0.6) is 0 Å². The summed E-state index contributed by atoms with van der Waals surface area (Å²) in [7, 11) is 0. The van der Waals surface area contributed by atoms with Gasteiger partial charge in [-0.3, -0.25) is 9.69 Å². The molecule has 0 radical (unpaired) electrons. The molecule has 26 heavy (non-hydrogen) atoms. The molecule has 3 heterocycles. The molecular formula is C21H19N3OS. The highest BCUT2D eigenvalue weighted by molar-refractivity contribution is 7.80. The Bertz CT molecular complexity index is 1030. The molecule has 5 rings (SSSR count). The number of aromatic nitrogens is 1. The predicted octanol–water partition coefficient (Wildman–Crippen LogP) is 3.63. The summed E-state index contributed by atoms with van der Waals surface area (Å²) in [4.78, 5) is 20.5. The third kappa shape index (κ3) is 2.01. The van der Waals surface area contributed by atoms with E-state index in [4.69, 9.17) is 12.2 Å². The van der Waals surface area contributed by atoms with Gasteiger partial charge in [-0.25, -0.2) is 0 Å². The van der Waals surface area contributed by atoms with E-state index < -0.39 is 0 Å². The molecule has 1 saturated heterocycles. The molecule has 2 aliphatic heterocycles. The van der Waals surface area contributed by atoms with Crippen LogP contribution in [0.25, 0.3) is 10.9 Å². The van der Waals surface area contributed by atoms with Gasteiger partial charge in [-0.05, 0) is 36.3 Å². The molecule has 3 aromatic rings. The minimum atomic E-state index is -0.223. The Kier molecular flexibility index (Phi) is 3.40. The number of rotatable bonds is 2. The highest BCUT2D eigenvalue weighted by Crippen LogP contribution is 2.43. The predicted molar refractivity (Wildman–Crippen MR) is 106 cm³/mol. The topological polar surface area (TPSA) is 39.3 Å². The summed E-state index contributed by atoms with van der Waals surface area (Å²) in [5.41, 5.74) is 4.66. The Morgan fingerprint density at radius 1 is 1.12 bits per heavy atom. The number of amides is 1. The van der Waals surface area contributed by atoms with Crippen LogP contribution in [0.15, 0.2) is 54.6 Å². The van der Waals surface area contributed by atoms with Crippen molar-refractivity contribution in [3.63, 3.8) is 0 Å². The van der Waals surface area contributed by atoms with E-state index in [1.165, 1.54) is 10.9 Å². The van der Waals surface area contributed by atoms with Crippen molar-refractivity contribution in [2.75, 3.05) is 6.54 Å². The number of aromatic amines is 1. The van der Waals surface area contributed by atoms with Crippen molar-refractivity contribution in [2.45, 2.75) is 25.4 Å². The molecule has 0 bridgehead atoms. The number of nitrogens with one attached hydrogen (secondary N) is 1. The number of carbonyl (C=O) groups is 1. The average Bonchev–Trinajstić information content (AvgIpc) is 3.16. The molecular weight excluding hydrogens is 342 g/mol. The van der Waals surface area contributed by atoms with Gasteiger partial charge in [-0.1, -0.05) is 48.5 Å². The Hall–Kier alpha value is -2.66. The fourth-order valence-corrected chi connectivity index (χ4v) is 4.85. The molecule has 2 atom stereocenters. The van der Waals surface area contributed by atoms with Gasteiger partial charge >= 0.3 is 0 Å². The first-order valence-electron chi connectivity index (χ1n) is 8.98. The van der Waals surface area contributed by atoms with E-state index in [-0.39, 0.29) is 18.0 Å². The lowest BCUT2D eigenvalue weighted by molar-refractivity contribution is -0.128. The normalized spacial score (nSPS) is 22.0. The zero-order valence-electron chi connectivity index (χ0n) is 14.5. The number of H-pyrrole nitrogens is 1. The lowest BCUT2D eigenvalue weighted by Gasteiger charge is -2.37. The van der Waals surface area contributed by atoms with Gasteiger partial charge in [-0.2, -0.15) is 0 Å². The Balaban J connectivity index is 1.76. The average molecular weight is 361 g/mol. The standard InChI is InChI=1S/C21H19N3OS/c1-2-23-20(25)17-12-15-14-10-6-7-11-16(14)22-18(15)19(24(17)21(23)26)13-8-4-3-5-9-13/h3-11,17,19,22H,2,12H2,1H3/t17-,19-/m1/s1. The second-order valence-electron chi connectivity index (χ2n) is 6.87. The zero-order valence-corrected chi connectivity index (χ0v) is 15.3. The fraction of sp³-hybridized carbons (Fsp3) is 0.238. The van der Waals surface area contributed by atoms with Gasteiger partial charge in [0.05, 0.1) is 6.04 Å². The summed E-state index contributed by atoms with van der Waals surface area (Å²) >= 11 is 5.72. The van der Waals surface area contributed by atoms with E-state index in [0.717, 1.165) is 16.8 Å². The highest BCUT2D eigenvalue weighted by Gasteiger charge is 2.49. The Morgan fingerprint density at radius 2 is 1.85 bits per heavy atom. The number of hydrogen-bond donors (Lipinski definition) is 1. The van der Waals surface area contributed by atoms with Gasteiger partial charge in [0, 0.05) is 29.6 Å². The smallest absolute Gasteiger partial charge is 0.251 e. The number of fused-ring (bicyclic) bond motifs is 4. The van der Waals surface area contributed by atoms with Crippen LogP contribution in [0.4, 0.5) is 0 Å². The van der Waals surface area contributed by atoms with Gasteiger partial charge in [0.2, 0.25) is 0 Å². The second-order valence-corrected chi connectivity index (χ2v) is 7.23. The molecule has 1 aromatic heterocycles. The highest BCUT2D eigenvalue weighted by atomic mass is 32.1. The lowest BCUT2D eigenvalue weighted by atomic mass is 9.89. The number of hydrogen-bond acceptors (Lipinski definition) is 2. The maximum Gasteiger partial charge on any atom is 0.251 e. The van der Waals surface area contributed by atoms with E-state index in [1.54, 1.807) is 4.90 Å². The summed E-state index contributed by atoms with van der Waals surface area (Å²) in [5.74, 6) is 0.120. The summed E-state index contributed by atoms with van der Waals surface area (Å²) in [5, 5.41) is 1.84. The van der Waals surface area contributed by atoms with Crippen LogP contribution in [-0.2, 0) is 11.2 Å². The first kappa shape index (κ1) is 15.6. The van der Waals surface area contributed by atoms with Crippen molar-refractivity contribution in [2.24, 2.45) is 0 Å². The van der Waals surface area contributed by atoms with Crippen molar-refractivity contribution >= 4 is 34.1 Å². The molecule has 2 aliphatic rings. The van der Waals surface area contributed by atoms with Crippen LogP contribution in [0.2, 0.25) is 0 Å². The zero-order chi connectivity index (χ0) is 17.8. The van der Waals surface area contributed by atoms with E-state index in [0.29, 0.717) is 18.1 Å². The Morgan fingerprint density at radius 3 is 2.62 bits per heavy atom. The van der Waals surface area contributed by atoms with Gasteiger partial charge in [-0.15, -0.1) is 0 Å². The minimum Gasteiger partial charge on any atom is -0.356 e. The molecule has 1 N–H and O–H groups in total. The van der Waals surface area contributed by atoms with Crippen LogP contribution in [-0.4, -0.2) is 38.4 Å². The van der Waals surface area contributed by atoms with E-state index in [1.807, 2.05) is 31.2 Å². The second kappa shape index (κ2) is 5.68. The van der Waals surface area contributed by atoms with Gasteiger partial charge in [0.15, 0.2) is 5.11 Å². The fourth-order valence-electron chi connectivity index (χ4n) is 4.40. The van der Waals surface area contributed by atoms with Crippen molar-refractivity contribution in [1.82, 2.24) is 14.8 Å². The van der Waals surface area contributed by atoms with E-state index in [9.17, 15) is 4.79 Å². The van der Waals surface area contributed by atoms with Crippen molar-refractivity contribution in [1.29, 1.82) is 0 Å². The molecule has 1 amide bonds. The number of carbonyl (C=O) groups excluding carboxylic acids is 1. The van der Waals surface area contributed by atoms with E-state index >= 15 is 0 Å². The summed E-state index contributed by atoms with van der Waals surface area (Å²) < 4.78 is 0. The van der Waals surface area contributed by atoms with Crippen molar-refractivity contribution in [3.8, 4) is 0 Å². The largest absolute Gasteiger partial charge is 0.356 e. The van der Waals surface area contributed by atoms with Gasteiger partial charge in [0.25, 0.3) is 5.91 Å². The quantitative estimate of drug-likeness (QED) is 0.709. The molecule has 0 aliphatic carbocycles. The summed E-state index contributed by atoms with van der Waals surface area (Å²) in [6, 6.07) is 18.4. The minimum absolute atomic E-state index is 0.0645. The van der Waals surface area contributed by atoms with Crippen LogP contribution in [0.1, 0.15) is 29.8 Å². The molecule has 0 saturated carbocycles. The van der Waals surface area contributed by atoms with Crippen LogP contribution < -0.4 is 0 Å². The third-order valence-electron chi connectivity index (χ3n) is 5.57. The lowest BCUT2D eigenvalue weighted by Crippen LogP contribution is -2.44. The van der Waals surface area contributed by atoms with E-state index in [2.05, 4.69) is 40.2 Å². The Labute approximate surface area is 157 Å². The maximum absolute atomic E-state index is 13.0. The number of thiocarbonyl (C=S) groups is 1. The third-order valence-corrected chi connectivity index (χ3v) is 6.00. The maximum atomic E-state index is 13.0. The molecule has 130 valence electrons. The summed E-state index contributed by atoms with van der Waals surface area (Å²) in [6.07, 6.45) is 0.693.